The predicted octanol–water partition coefficient (Wildman–Crippen LogP) is 1.66. The van der Waals surface area contributed by atoms with Gasteiger partial charge in [-0.2, -0.15) is 5.26 Å². The van der Waals surface area contributed by atoms with Crippen LogP contribution in [0.5, 0.6) is 0 Å². The summed E-state index contributed by atoms with van der Waals surface area (Å²) in [6.45, 7) is 0.739. The lowest BCUT2D eigenvalue weighted by atomic mass is 10.3. The van der Waals surface area contributed by atoms with Crippen LogP contribution in [0, 0.1) is 11.3 Å². The van der Waals surface area contributed by atoms with E-state index in [0.29, 0.717) is 11.3 Å². The maximum atomic E-state index is 8.63. The number of aromatic nitrogens is 1. The Morgan fingerprint density at radius 1 is 1.67 bits per heavy atom. The molecule has 0 fully saturated rings. The maximum absolute atomic E-state index is 8.63. The van der Waals surface area contributed by atoms with Crippen molar-refractivity contribution in [3.05, 3.63) is 17.8 Å². The molecule has 1 aromatic rings. The van der Waals surface area contributed by atoms with Crippen LogP contribution >= 0.6 is 11.8 Å². The lowest BCUT2D eigenvalue weighted by Crippen LogP contribution is -1.95. The van der Waals surface area contributed by atoms with Crippen molar-refractivity contribution < 1.29 is 4.74 Å². The molecule has 1 aromatic heterocycles. The van der Waals surface area contributed by atoms with Crippen molar-refractivity contribution >= 4 is 17.4 Å². The van der Waals surface area contributed by atoms with Crippen LogP contribution in [0.1, 0.15) is 12.0 Å². The first kappa shape index (κ1) is 11.8. The average Bonchev–Trinajstić information content (AvgIpc) is 2.26. The van der Waals surface area contributed by atoms with Gasteiger partial charge in [0.25, 0.3) is 0 Å². The molecule has 1 rings (SSSR count). The fourth-order valence-electron chi connectivity index (χ4n) is 1.02. The summed E-state index contributed by atoms with van der Waals surface area (Å²) in [6, 6.07) is 3.64. The Bertz CT molecular complexity index is 362. The Kier molecular flexibility index (Phi) is 4.95. The largest absolute Gasteiger partial charge is 0.397 e. The monoisotopic (exact) mass is 223 g/mol. The first-order chi connectivity index (χ1) is 7.27. The second kappa shape index (κ2) is 6.27. The van der Waals surface area contributed by atoms with Crippen molar-refractivity contribution in [1.82, 2.24) is 4.98 Å². The van der Waals surface area contributed by atoms with Gasteiger partial charge in [0.15, 0.2) is 0 Å². The fourth-order valence-corrected chi connectivity index (χ4v) is 1.83. The SMILES string of the molecule is COCCCSc1ncc(C#N)cc1N. The van der Waals surface area contributed by atoms with Crippen LogP contribution in [0.25, 0.3) is 0 Å². The molecular formula is C10H13N3OS. The van der Waals surface area contributed by atoms with Gasteiger partial charge >= 0.3 is 0 Å². The van der Waals surface area contributed by atoms with Gasteiger partial charge < -0.3 is 10.5 Å². The topological polar surface area (TPSA) is 71.9 Å². The van der Waals surface area contributed by atoms with Gasteiger partial charge in [0.2, 0.25) is 0 Å². The number of thioether (sulfide) groups is 1. The van der Waals surface area contributed by atoms with Crippen LogP contribution in [0.4, 0.5) is 5.69 Å². The van der Waals surface area contributed by atoms with Crippen LogP contribution in [0.2, 0.25) is 0 Å². The number of hydrogen-bond donors (Lipinski definition) is 1. The minimum Gasteiger partial charge on any atom is -0.397 e. The summed E-state index contributed by atoms with van der Waals surface area (Å²) in [5.41, 5.74) is 6.81. The molecule has 1 heterocycles. The van der Waals surface area contributed by atoms with E-state index in [9.17, 15) is 0 Å². The van der Waals surface area contributed by atoms with E-state index in [1.54, 1.807) is 24.9 Å². The van der Waals surface area contributed by atoms with Crippen molar-refractivity contribution in [2.24, 2.45) is 0 Å². The summed E-state index contributed by atoms with van der Waals surface area (Å²) in [4.78, 5) is 4.12. The molecule has 0 saturated heterocycles. The second-order valence-corrected chi connectivity index (χ2v) is 4.01. The molecule has 80 valence electrons. The van der Waals surface area contributed by atoms with Crippen LogP contribution in [-0.2, 0) is 4.74 Å². The number of methoxy groups -OCH3 is 1. The third-order valence-electron chi connectivity index (χ3n) is 1.74. The Labute approximate surface area is 93.4 Å². The lowest BCUT2D eigenvalue weighted by Gasteiger charge is -2.03. The fraction of sp³-hybridized carbons (Fsp3) is 0.400. The van der Waals surface area contributed by atoms with Crippen LogP contribution < -0.4 is 5.73 Å². The Morgan fingerprint density at radius 2 is 2.47 bits per heavy atom. The number of ether oxygens (including phenoxy) is 1. The lowest BCUT2D eigenvalue weighted by molar-refractivity contribution is 0.200. The highest BCUT2D eigenvalue weighted by Gasteiger charge is 2.02. The molecule has 15 heavy (non-hydrogen) atoms. The van der Waals surface area contributed by atoms with Gasteiger partial charge in [-0.15, -0.1) is 11.8 Å². The number of nitriles is 1. The number of rotatable bonds is 5. The van der Waals surface area contributed by atoms with E-state index in [0.717, 1.165) is 23.8 Å². The Balaban J connectivity index is 2.52. The Hall–Kier alpha value is -1.25. The normalized spacial score (nSPS) is 9.87. The van der Waals surface area contributed by atoms with Gasteiger partial charge in [-0.3, -0.25) is 0 Å². The highest BCUT2D eigenvalue weighted by molar-refractivity contribution is 7.99. The number of nitrogen functional groups attached to an aromatic ring is 1. The highest BCUT2D eigenvalue weighted by atomic mass is 32.2. The van der Waals surface area contributed by atoms with Gasteiger partial charge in [0.05, 0.1) is 11.3 Å². The quantitative estimate of drug-likeness (QED) is 0.607. The number of nitrogens with zero attached hydrogens (tertiary/aromatic N) is 2. The molecule has 0 saturated carbocycles. The molecule has 4 nitrogen and oxygen atoms in total. The molecule has 0 bridgehead atoms. The molecule has 0 aromatic carbocycles. The van der Waals surface area contributed by atoms with Gasteiger partial charge in [-0.05, 0) is 12.5 Å². The minimum absolute atomic E-state index is 0.494. The van der Waals surface area contributed by atoms with E-state index < -0.39 is 0 Å². The van der Waals surface area contributed by atoms with E-state index in [1.807, 2.05) is 6.07 Å². The highest BCUT2D eigenvalue weighted by Crippen LogP contribution is 2.23. The first-order valence-electron chi connectivity index (χ1n) is 4.55. The first-order valence-corrected chi connectivity index (χ1v) is 5.54. The van der Waals surface area contributed by atoms with Crippen LogP contribution in [0.3, 0.4) is 0 Å². The molecule has 0 amide bonds. The summed E-state index contributed by atoms with van der Waals surface area (Å²) in [5.74, 6) is 0.914. The Morgan fingerprint density at radius 3 is 3.07 bits per heavy atom. The van der Waals surface area contributed by atoms with Crippen molar-refractivity contribution in [2.75, 3.05) is 25.2 Å². The zero-order chi connectivity index (χ0) is 11.1. The van der Waals surface area contributed by atoms with Gasteiger partial charge in [0.1, 0.15) is 11.1 Å². The molecule has 0 aliphatic heterocycles. The molecule has 0 aliphatic rings. The van der Waals surface area contributed by atoms with E-state index in [4.69, 9.17) is 15.7 Å². The standard InChI is InChI=1S/C10H13N3OS/c1-14-3-2-4-15-10-9(12)5-8(6-11)7-13-10/h5,7H,2-4,12H2,1H3. The number of anilines is 1. The van der Waals surface area contributed by atoms with E-state index >= 15 is 0 Å². The van der Waals surface area contributed by atoms with Gasteiger partial charge in [0, 0.05) is 25.7 Å². The molecule has 0 atom stereocenters. The van der Waals surface area contributed by atoms with Gasteiger partial charge in [-0.25, -0.2) is 4.98 Å². The zero-order valence-corrected chi connectivity index (χ0v) is 9.38. The summed E-state index contributed by atoms with van der Waals surface area (Å²) in [7, 11) is 1.68. The van der Waals surface area contributed by atoms with Crippen molar-refractivity contribution in [3.63, 3.8) is 0 Å². The van der Waals surface area contributed by atoms with Crippen molar-refractivity contribution in [3.8, 4) is 6.07 Å². The number of hydrogen-bond acceptors (Lipinski definition) is 5. The summed E-state index contributed by atoms with van der Waals surface area (Å²) >= 11 is 1.58. The average molecular weight is 223 g/mol. The molecule has 5 heteroatoms. The summed E-state index contributed by atoms with van der Waals surface area (Å²) in [5, 5.41) is 9.41. The second-order valence-electron chi connectivity index (χ2n) is 2.92. The zero-order valence-electron chi connectivity index (χ0n) is 8.56. The molecule has 0 aliphatic carbocycles. The minimum atomic E-state index is 0.494. The maximum Gasteiger partial charge on any atom is 0.119 e. The van der Waals surface area contributed by atoms with Gasteiger partial charge in [-0.1, -0.05) is 0 Å². The third kappa shape index (κ3) is 3.78. The van der Waals surface area contributed by atoms with E-state index in [2.05, 4.69) is 4.98 Å². The van der Waals surface area contributed by atoms with Crippen LogP contribution in [-0.4, -0.2) is 24.5 Å². The summed E-state index contributed by atoms with van der Waals surface area (Å²) < 4.78 is 4.94. The van der Waals surface area contributed by atoms with E-state index in [1.165, 1.54) is 6.20 Å². The molecule has 0 spiro atoms. The molecule has 0 radical (unpaired) electrons. The van der Waals surface area contributed by atoms with E-state index in [-0.39, 0.29) is 0 Å². The molecular weight excluding hydrogens is 210 g/mol. The molecule has 0 unspecified atom stereocenters. The molecule has 2 N–H and O–H groups in total. The van der Waals surface area contributed by atoms with Crippen LogP contribution in [0.15, 0.2) is 17.3 Å². The van der Waals surface area contributed by atoms with Crippen molar-refractivity contribution in [2.45, 2.75) is 11.4 Å². The number of pyridine rings is 1. The van der Waals surface area contributed by atoms with Crippen molar-refractivity contribution in [1.29, 1.82) is 5.26 Å². The number of nitrogens with two attached hydrogens (primary N) is 1. The summed E-state index contributed by atoms with van der Waals surface area (Å²) in [6.07, 6.45) is 2.50. The predicted molar refractivity (Wildman–Crippen MR) is 60.6 cm³/mol. The third-order valence-corrected chi connectivity index (χ3v) is 2.85. The smallest absolute Gasteiger partial charge is 0.119 e.